The van der Waals surface area contributed by atoms with E-state index in [2.05, 4.69) is 15.5 Å². The molecule has 4 rings (SSSR count). The first-order valence-corrected chi connectivity index (χ1v) is 10.5. The average Bonchev–Trinajstić information content (AvgIpc) is 3.21. The van der Waals surface area contributed by atoms with Crippen LogP contribution in [0.4, 0.5) is 5.13 Å². The van der Waals surface area contributed by atoms with Crippen LogP contribution < -0.4 is 5.32 Å². The number of hydrogen-bond acceptors (Lipinski definition) is 5. The van der Waals surface area contributed by atoms with Gasteiger partial charge in [-0.15, -0.1) is 10.2 Å². The topological polar surface area (TPSA) is 75.2 Å². The van der Waals surface area contributed by atoms with Crippen molar-refractivity contribution in [2.45, 2.75) is 19.3 Å². The zero-order valence-corrected chi connectivity index (χ0v) is 16.8. The number of benzene rings is 2. The molecule has 1 aliphatic rings. The van der Waals surface area contributed by atoms with Gasteiger partial charge < -0.3 is 10.2 Å². The second kappa shape index (κ2) is 8.96. The van der Waals surface area contributed by atoms with E-state index in [0.29, 0.717) is 43.0 Å². The van der Waals surface area contributed by atoms with E-state index in [-0.39, 0.29) is 17.7 Å². The van der Waals surface area contributed by atoms with Gasteiger partial charge in [0.1, 0.15) is 5.01 Å². The number of amides is 2. The van der Waals surface area contributed by atoms with Crippen molar-refractivity contribution in [2.75, 3.05) is 18.4 Å². The van der Waals surface area contributed by atoms with Gasteiger partial charge in [0.05, 0.1) is 0 Å². The molecule has 0 aliphatic carbocycles. The van der Waals surface area contributed by atoms with Crippen LogP contribution in [0, 0.1) is 5.92 Å². The van der Waals surface area contributed by atoms with Crippen LogP contribution in [0.25, 0.3) is 0 Å². The smallest absolute Gasteiger partial charge is 0.253 e. The Labute approximate surface area is 173 Å². The lowest BCUT2D eigenvalue weighted by Gasteiger charge is -2.31. The molecule has 1 N–H and O–H groups in total. The fraction of sp³-hybridized carbons (Fsp3) is 0.273. The van der Waals surface area contributed by atoms with Crippen molar-refractivity contribution in [2.24, 2.45) is 5.92 Å². The van der Waals surface area contributed by atoms with E-state index in [4.69, 9.17) is 0 Å². The molecule has 7 heteroatoms. The molecule has 6 nitrogen and oxygen atoms in total. The second-order valence-electron chi connectivity index (χ2n) is 7.09. The number of likely N-dealkylation sites (tertiary alicyclic amines) is 1. The van der Waals surface area contributed by atoms with Crippen molar-refractivity contribution in [1.29, 1.82) is 0 Å². The number of nitrogens with one attached hydrogen (secondary N) is 1. The summed E-state index contributed by atoms with van der Waals surface area (Å²) in [4.78, 5) is 27.0. The number of anilines is 1. The fourth-order valence-corrected chi connectivity index (χ4v) is 4.24. The third kappa shape index (κ3) is 4.86. The highest BCUT2D eigenvalue weighted by Crippen LogP contribution is 2.23. The molecule has 2 heterocycles. The zero-order valence-electron chi connectivity index (χ0n) is 16.0. The predicted octanol–water partition coefficient (Wildman–Crippen LogP) is 3.62. The van der Waals surface area contributed by atoms with Crippen LogP contribution in [-0.2, 0) is 11.2 Å². The number of carbonyl (C=O) groups is 2. The summed E-state index contributed by atoms with van der Waals surface area (Å²) in [5.74, 6) is -0.130. The molecule has 0 unspecified atom stereocenters. The Morgan fingerprint density at radius 3 is 2.31 bits per heavy atom. The summed E-state index contributed by atoms with van der Waals surface area (Å²) in [6.07, 6.45) is 2.01. The molecular weight excluding hydrogens is 384 g/mol. The fourth-order valence-electron chi connectivity index (χ4n) is 3.46. The first-order chi connectivity index (χ1) is 14.2. The van der Waals surface area contributed by atoms with E-state index in [9.17, 15) is 9.59 Å². The maximum absolute atomic E-state index is 12.6. The van der Waals surface area contributed by atoms with Gasteiger partial charge in [0.15, 0.2) is 0 Å². The van der Waals surface area contributed by atoms with Crippen LogP contribution in [0.3, 0.4) is 0 Å². The van der Waals surface area contributed by atoms with Crippen molar-refractivity contribution < 1.29 is 9.59 Å². The quantitative estimate of drug-likeness (QED) is 0.702. The average molecular weight is 407 g/mol. The monoisotopic (exact) mass is 406 g/mol. The normalized spacial score (nSPS) is 14.6. The van der Waals surface area contributed by atoms with E-state index < -0.39 is 0 Å². The summed E-state index contributed by atoms with van der Waals surface area (Å²) in [6, 6.07) is 19.3. The van der Waals surface area contributed by atoms with Crippen molar-refractivity contribution in [3.8, 4) is 0 Å². The van der Waals surface area contributed by atoms with Crippen LogP contribution in [0.2, 0.25) is 0 Å². The number of nitrogens with zero attached hydrogens (tertiary/aromatic N) is 3. The first-order valence-electron chi connectivity index (χ1n) is 9.70. The van der Waals surface area contributed by atoms with Crippen molar-refractivity contribution in [1.82, 2.24) is 15.1 Å². The summed E-state index contributed by atoms with van der Waals surface area (Å²) < 4.78 is 0. The third-order valence-corrected chi connectivity index (χ3v) is 5.91. The molecule has 1 fully saturated rings. The minimum Gasteiger partial charge on any atom is -0.339 e. The van der Waals surface area contributed by atoms with Gasteiger partial charge in [-0.05, 0) is 30.5 Å². The number of aromatic nitrogens is 2. The van der Waals surface area contributed by atoms with E-state index >= 15 is 0 Å². The third-order valence-electron chi connectivity index (χ3n) is 5.07. The van der Waals surface area contributed by atoms with Gasteiger partial charge in [-0.25, -0.2) is 0 Å². The largest absolute Gasteiger partial charge is 0.339 e. The Morgan fingerprint density at radius 1 is 0.966 bits per heavy atom. The summed E-state index contributed by atoms with van der Waals surface area (Å²) in [7, 11) is 0. The molecule has 2 amide bonds. The maximum Gasteiger partial charge on any atom is 0.253 e. The standard InChI is InChI=1S/C22H22N4O2S/c27-20(23-22-25-24-19(29-22)15-16-7-3-1-4-8-16)17-11-13-26(14-12-17)21(28)18-9-5-2-6-10-18/h1-10,17H,11-15H2,(H,23,25,27). The summed E-state index contributed by atoms with van der Waals surface area (Å²) >= 11 is 1.40. The van der Waals surface area contributed by atoms with Crippen LogP contribution in [0.5, 0.6) is 0 Å². The number of rotatable bonds is 5. The number of carbonyl (C=O) groups excluding carboxylic acids is 2. The van der Waals surface area contributed by atoms with Gasteiger partial charge in [-0.3, -0.25) is 9.59 Å². The van der Waals surface area contributed by atoms with Crippen LogP contribution in [-0.4, -0.2) is 40.0 Å². The highest BCUT2D eigenvalue weighted by Gasteiger charge is 2.28. The summed E-state index contributed by atoms with van der Waals surface area (Å²) in [6.45, 7) is 1.17. The van der Waals surface area contributed by atoms with Crippen molar-refractivity contribution >= 4 is 28.3 Å². The van der Waals surface area contributed by atoms with E-state index in [1.807, 2.05) is 65.6 Å². The first kappa shape index (κ1) is 19.3. The Hall–Kier alpha value is -3.06. The van der Waals surface area contributed by atoms with Crippen LogP contribution in [0.1, 0.15) is 33.8 Å². The SMILES string of the molecule is O=C(Nc1nnc(Cc2ccccc2)s1)C1CCN(C(=O)c2ccccc2)CC1. The molecule has 0 spiro atoms. The van der Waals surface area contributed by atoms with Gasteiger partial charge in [0, 0.05) is 31.0 Å². The Bertz CT molecular complexity index is 967. The molecular formula is C22H22N4O2S. The molecule has 0 saturated carbocycles. The lowest BCUT2D eigenvalue weighted by molar-refractivity contribution is -0.121. The summed E-state index contributed by atoms with van der Waals surface area (Å²) in [5.41, 5.74) is 1.85. The van der Waals surface area contributed by atoms with Crippen molar-refractivity contribution in [3.63, 3.8) is 0 Å². The Balaban J connectivity index is 1.28. The molecule has 0 radical (unpaired) electrons. The van der Waals surface area contributed by atoms with E-state index in [0.717, 1.165) is 10.6 Å². The Morgan fingerprint density at radius 2 is 1.62 bits per heavy atom. The van der Waals surface area contributed by atoms with Crippen LogP contribution in [0.15, 0.2) is 60.7 Å². The molecule has 1 aromatic heterocycles. The molecule has 3 aromatic rings. The van der Waals surface area contributed by atoms with E-state index in [1.165, 1.54) is 11.3 Å². The second-order valence-corrected chi connectivity index (χ2v) is 8.15. The van der Waals surface area contributed by atoms with Gasteiger partial charge in [0.2, 0.25) is 11.0 Å². The maximum atomic E-state index is 12.6. The lowest BCUT2D eigenvalue weighted by atomic mass is 9.95. The van der Waals surface area contributed by atoms with Gasteiger partial charge in [-0.1, -0.05) is 59.9 Å². The minimum absolute atomic E-state index is 0.0270. The zero-order chi connectivity index (χ0) is 20.1. The molecule has 0 bridgehead atoms. The molecule has 29 heavy (non-hydrogen) atoms. The number of piperidine rings is 1. The lowest BCUT2D eigenvalue weighted by Crippen LogP contribution is -2.41. The Kier molecular flexibility index (Phi) is 5.95. The van der Waals surface area contributed by atoms with E-state index in [1.54, 1.807) is 0 Å². The predicted molar refractivity (Wildman–Crippen MR) is 113 cm³/mol. The van der Waals surface area contributed by atoms with Gasteiger partial charge in [-0.2, -0.15) is 0 Å². The molecule has 1 aliphatic heterocycles. The highest BCUT2D eigenvalue weighted by atomic mass is 32.1. The van der Waals surface area contributed by atoms with Crippen molar-refractivity contribution in [3.05, 3.63) is 76.8 Å². The van der Waals surface area contributed by atoms with Gasteiger partial charge in [0.25, 0.3) is 5.91 Å². The van der Waals surface area contributed by atoms with Crippen LogP contribution >= 0.6 is 11.3 Å². The molecule has 1 saturated heterocycles. The number of hydrogen-bond donors (Lipinski definition) is 1. The minimum atomic E-state index is -0.115. The summed E-state index contributed by atoms with van der Waals surface area (Å²) in [5, 5.41) is 12.6. The van der Waals surface area contributed by atoms with Gasteiger partial charge >= 0.3 is 0 Å². The highest BCUT2D eigenvalue weighted by molar-refractivity contribution is 7.15. The molecule has 0 atom stereocenters. The molecule has 148 valence electrons. The molecule has 2 aromatic carbocycles.